The highest BCUT2D eigenvalue weighted by Crippen LogP contribution is 2.14. The summed E-state index contributed by atoms with van der Waals surface area (Å²) in [5, 5.41) is 0. The molecule has 0 radical (unpaired) electrons. The highest BCUT2D eigenvalue weighted by molar-refractivity contribution is 7.89. The summed E-state index contributed by atoms with van der Waals surface area (Å²) in [7, 11) is -3.57. The molecule has 0 bridgehead atoms. The lowest BCUT2D eigenvalue weighted by molar-refractivity contribution is 0.0626. The summed E-state index contributed by atoms with van der Waals surface area (Å²) in [6.07, 6.45) is 4.11. The average Bonchev–Trinajstić information content (AvgIpc) is 3.24. The summed E-state index contributed by atoms with van der Waals surface area (Å²) in [5.74, 6) is -0.0396. The smallest absolute Gasteiger partial charge is 0.253 e. The summed E-state index contributed by atoms with van der Waals surface area (Å²) in [5.41, 5.74) is 0.521. The summed E-state index contributed by atoms with van der Waals surface area (Å²) in [6, 6.07) is 6.13. The van der Waals surface area contributed by atoms with E-state index in [9.17, 15) is 13.2 Å². The highest BCUT2D eigenvalue weighted by atomic mass is 32.2. The fourth-order valence-corrected chi connectivity index (χ4v) is 4.67. The second kappa shape index (κ2) is 9.65. The highest BCUT2D eigenvalue weighted by Gasteiger charge is 2.23. The third-order valence-electron chi connectivity index (χ3n) is 5.42. The normalized spacial score (nSPS) is 19.1. The van der Waals surface area contributed by atoms with E-state index in [4.69, 9.17) is 0 Å². The van der Waals surface area contributed by atoms with Crippen LogP contribution in [0.15, 0.2) is 41.8 Å². The topological polar surface area (TPSA) is 73.0 Å². The van der Waals surface area contributed by atoms with Gasteiger partial charge >= 0.3 is 0 Å². The van der Waals surface area contributed by atoms with E-state index in [-0.39, 0.29) is 17.3 Å². The van der Waals surface area contributed by atoms with Gasteiger partial charge < -0.3 is 9.80 Å². The van der Waals surface area contributed by atoms with Gasteiger partial charge in [-0.15, -0.1) is 6.58 Å². The first-order chi connectivity index (χ1) is 13.5. The van der Waals surface area contributed by atoms with Crippen LogP contribution in [0.2, 0.25) is 0 Å². The van der Waals surface area contributed by atoms with Crippen LogP contribution in [0.4, 0.5) is 0 Å². The second-order valence-electron chi connectivity index (χ2n) is 7.35. The van der Waals surface area contributed by atoms with Crippen LogP contribution in [0, 0.1) is 0 Å². The van der Waals surface area contributed by atoms with Crippen molar-refractivity contribution in [2.45, 2.75) is 17.7 Å². The molecule has 7 nitrogen and oxygen atoms in total. The number of benzene rings is 1. The molecule has 2 heterocycles. The first-order valence-electron chi connectivity index (χ1n) is 9.94. The first-order valence-corrected chi connectivity index (χ1v) is 11.4. The molecule has 0 aromatic heterocycles. The number of nitrogens with zero attached hydrogens (tertiary/aromatic N) is 3. The lowest BCUT2D eigenvalue weighted by Gasteiger charge is -2.35. The number of sulfonamides is 1. The molecule has 3 rings (SSSR count). The summed E-state index contributed by atoms with van der Waals surface area (Å²) in [4.78, 5) is 19.7. The van der Waals surface area contributed by atoms with Gasteiger partial charge in [-0.1, -0.05) is 6.08 Å². The number of piperazine rings is 1. The van der Waals surface area contributed by atoms with Crippen LogP contribution in [0.3, 0.4) is 0 Å². The molecule has 0 atom stereocenters. The van der Waals surface area contributed by atoms with Crippen molar-refractivity contribution in [1.82, 2.24) is 19.4 Å². The van der Waals surface area contributed by atoms with Crippen molar-refractivity contribution in [1.29, 1.82) is 0 Å². The average molecular weight is 407 g/mol. The van der Waals surface area contributed by atoms with Gasteiger partial charge in [-0.25, -0.2) is 13.1 Å². The number of amides is 1. The maximum Gasteiger partial charge on any atom is 0.253 e. The van der Waals surface area contributed by atoms with Crippen molar-refractivity contribution in [3.05, 3.63) is 42.5 Å². The van der Waals surface area contributed by atoms with Gasteiger partial charge in [0.2, 0.25) is 10.0 Å². The number of nitrogens with one attached hydrogen (secondary N) is 1. The molecule has 1 N–H and O–H groups in total. The van der Waals surface area contributed by atoms with Crippen LogP contribution in [0.25, 0.3) is 0 Å². The van der Waals surface area contributed by atoms with Crippen LogP contribution in [0.1, 0.15) is 23.2 Å². The Hall–Kier alpha value is -1.74. The molecular weight excluding hydrogens is 376 g/mol. The van der Waals surface area contributed by atoms with Gasteiger partial charge in [0.1, 0.15) is 0 Å². The molecule has 28 heavy (non-hydrogen) atoms. The molecule has 0 unspecified atom stereocenters. The fraction of sp³-hybridized carbons (Fsp3) is 0.550. The van der Waals surface area contributed by atoms with Gasteiger partial charge in [0.15, 0.2) is 0 Å². The van der Waals surface area contributed by atoms with Gasteiger partial charge in [0.05, 0.1) is 4.90 Å². The molecule has 2 saturated heterocycles. The van der Waals surface area contributed by atoms with Crippen LogP contribution < -0.4 is 4.72 Å². The molecule has 1 aromatic carbocycles. The lowest BCUT2D eigenvalue weighted by Crippen LogP contribution is -2.50. The molecule has 2 aliphatic heterocycles. The van der Waals surface area contributed by atoms with Gasteiger partial charge in [0.25, 0.3) is 5.91 Å². The van der Waals surface area contributed by atoms with Gasteiger partial charge in [-0.05, 0) is 50.2 Å². The maximum atomic E-state index is 12.7. The minimum atomic E-state index is -3.57. The predicted octanol–water partition coefficient (Wildman–Crippen LogP) is 1.00. The maximum absolute atomic E-state index is 12.7. The summed E-state index contributed by atoms with van der Waals surface area (Å²) in [6.45, 7) is 11.5. The first kappa shape index (κ1) is 21.0. The van der Waals surface area contributed by atoms with E-state index in [1.807, 2.05) is 4.90 Å². The number of hydrogen-bond donors (Lipinski definition) is 1. The molecule has 1 aromatic rings. The zero-order chi connectivity index (χ0) is 20.0. The van der Waals surface area contributed by atoms with Crippen molar-refractivity contribution < 1.29 is 13.2 Å². The number of carbonyl (C=O) groups excluding carboxylic acids is 1. The Kier molecular flexibility index (Phi) is 7.23. The molecular formula is C20H30N4O3S. The molecule has 0 saturated carbocycles. The van der Waals surface area contributed by atoms with Crippen LogP contribution in [-0.4, -0.2) is 87.9 Å². The Bertz CT molecular complexity index is 765. The molecule has 8 heteroatoms. The molecule has 0 spiro atoms. The minimum absolute atomic E-state index is 0.0396. The van der Waals surface area contributed by atoms with E-state index in [2.05, 4.69) is 21.1 Å². The van der Waals surface area contributed by atoms with Gasteiger partial charge in [0, 0.05) is 51.4 Å². The van der Waals surface area contributed by atoms with E-state index >= 15 is 0 Å². The lowest BCUT2D eigenvalue weighted by atomic mass is 10.2. The Morgan fingerprint density at radius 3 is 2.11 bits per heavy atom. The van der Waals surface area contributed by atoms with E-state index in [0.717, 1.165) is 26.2 Å². The predicted molar refractivity (Wildman–Crippen MR) is 110 cm³/mol. The van der Waals surface area contributed by atoms with Crippen molar-refractivity contribution in [2.24, 2.45) is 0 Å². The fourth-order valence-electron chi connectivity index (χ4n) is 3.67. The zero-order valence-electron chi connectivity index (χ0n) is 16.3. The summed E-state index contributed by atoms with van der Waals surface area (Å²) >= 11 is 0. The number of rotatable bonds is 8. The van der Waals surface area contributed by atoms with Crippen molar-refractivity contribution >= 4 is 15.9 Å². The summed E-state index contributed by atoms with van der Waals surface area (Å²) < 4.78 is 26.6. The Balaban J connectivity index is 1.50. The van der Waals surface area contributed by atoms with Crippen LogP contribution in [-0.2, 0) is 10.0 Å². The van der Waals surface area contributed by atoms with E-state index in [1.165, 1.54) is 44.1 Å². The van der Waals surface area contributed by atoms with Crippen molar-refractivity contribution in [3.8, 4) is 0 Å². The Morgan fingerprint density at radius 1 is 0.964 bits per heavy atom. The third kappa shape index (κ3) is 5.41. The molecule has 1 amide bonds. The largest absolute Gasteiger partial charge is 0.336 e. The number of likely N-dealkylation sites (tertiary alicyclic amines) is 1. The van der Waals surface area contributed by atoms with Crippen LogP contribution in [0.5, 0.6) is 0 Å². The SMILES string of the molecule is C=CCNS(=O)(=O)c1ccc(C(=O)N2CCN(CCN3CCCC3)CC2)cc1. The molecule has 154 valence electrons. The molecule has 0 aliphatic carbocycles. The monoisotopic (exact) mass is 406 g/mol. The standard InChI is InChI=1S/C20H30N4O3S/c1-2-9-21-28(26,27)19-7-5-18(6-8-19)20(25)24-16-14-23(15-17-24)13-12-22-10-3-4-11-22/h2,5-8,21H,1,3-4,9-17H2. The van der Waals surface area contributed by atoms with Gasteiger partial charge in [-0.3, -0.25) is 9.69 Å². The Morgan fingerprint density at radius 2 is 1.54 bits per heavy atom. The molecule has 2 aliphatic rings. The zero-order valence-corrected chi connectivity index (χ0v) is 17.2. The molecule has 2 fully saturated rings. The quantitative estimate of drug-likeness (QED) is 0.652. The third-order valence-corrected chi connectivity index (χ3v) is 6.86. The van der Waals surface area contributed by atoms with Crippen LogP contribution >= 0.6 is 0 Å². The van der Waals surface area contributed by atoms with Crippen molar-refractivity contribution in [3.63, 3.8) is 0 Å². The van der Waals surface area contributed by atoms with Gasteiger partial charge in [-0.2, -0.15) is 0 Å². The number of carbonyl (C=O) groups is 1. The van der Waals surface area contributed by atoms with E-state index in [1.54, 1.807) is 12.1 Å². The minimum Gasteiger partial charge on any atom is -0.336 e. The van der Waals surface area contributed by atoms with E-state index in [0.29, 0.717) is 18.7 Å². The number of hydrogen-bond acceptors (Lipinski definition) is 5. The second-order valence-corrected chi connectivity index (χ2v) is 9.11. The van der Waals surface area contributed by atoms with E-state index < -0.39 is 10.0 Å². The van der Waals surface area contributed by atoms with Crippen molar-refractivity contribution in [2.75, 3.05) is 58.9 Å². The Labute approximate surface area is 168 Å².